The molecule has 0 amide bonds. The Kier molecular flexibility index (Phi) is 2.01. The summed E-state index contributed by atoms with van der Waals surface area (Å²) in [5.41, 5.74) is 4.24. The number of anilines is 1. The first-order valence-electron chi connectivity index (χ1n) is 5.73. The Hall–Kier alpha value is -1.31. The molecular formula is C13H15NO. The molecule has 1 aromatic rings. The number of carbonyl (C=O) groups is 1. The average Bonchev–Trinajstić information content (AvgIpc) is 2.30. The lowest BCUT2D eigenvalue weighted by Gasteiger charge is -2.40. The fourth-order valence-electron chi connectivity index (χ4n) is 2.90. The zero-order valence-electron chi connectivity index (χ0n) is 8.78. The lowest BCUT2D eigenvalue weighted by Crippen LogP contribution is -2.43. The highest BCUT2D eigenvalue weighted by atomic mass is 16.1. The normalized spacial score (nSPS) is 23.5. The highest BCUT2D eigenvalue weighted by Crippen LogP contribution is 2.36. The van der Waals surface area contributed by atoms with Crippen LogP contribution in [0.2, 0.25) is 0 Å². The van der Waals surface area contributed by atoms with Gasteiger partial charge in [0.2, 0.25) is 0 Å². The van der Waals surface area contributed by atoms with Crippen LogP contribution in [0.4, 0.5) is 5.69 Å². The van der Waals surface area contributed by atoms with Gasteiger partial charge >= 0.3 is 0 Å². The molecule has 3 rings (SSSR count). The van der Waals surface area contributed by atoms with Crippen LogP contribution in [0.3, 0.4) is 0 Å². The second-order valence-corrected chi connectivity index (χ2v) is 4.46. The van der Waals surface area contributed by atoms with Crippen LogP contribution in [0.25, 0.3) is 0 Å². The number of aryl methyl sites for hydroxylation is 2. The van der Waals surface area contributed by atoms with Crippen LogP contribution >= 0.6 is 0 Å². The molecule has 78 valence electrons. The van der Waals surface area contributed by atoms with E-state index < -0.39 is 0 Å². The van der Waals surface area contributed by atoms with E-state index in [1.165, 1.54) is 29.7 Å². The molecule has 2 aliphatic heterocycles. The van der Waals surface area contributed by atoms with E-state index in [9.17, 15) is 4.79 Å². The molecule has 0 aromatic heterocycles. The van der Waals surface area contributed by atoms with Gasteiger partial charge in [0.25, 0.3) is 0 Å². The lowest BCUT2D eigenvalue weighted by atomic mass is 9.89. The van der Waals surface area contributed by atoms with Crippen LogP contribution in [0, 0.1) is 0 Å². The van der Waals surface area contributed by atoms with E-state index in [1.807, 2.05) is 0 Å². The van der Waals surface area contributed by atoms with Gasteiger partial charge in [-0.1, -0.05) is 18.2 Å². The predicted molar refractivity (Wildman–Crippen MR) is 60.3 cm³/mol. The first-order valence-corrected chi connectivity index (χ1v) is 5.73. The first-order chi connectivity index (χ1) is 7.40. The maximum atomic E-state index is 11.0. The van der Waals surface area contributed by atoms with Gasteiger partial charge in [-0.05, 0) is 36.8 Å². The fourth-order valence-corrected chi connectivity index (χ4v) is 2.90. The van der Waals surface area contributed by atoms with E-state index in [1.54, 1.807) is 0 Å². The summed E-state index contributed by atoms with van der Waals surface area (Å²) >= 11 is 0. The van der Waals surface area contributed by atoms with Crippen LogP contribution < -0.4 is 4.90 Å². The van der Waals surface area contributed by atoms with Crippen molar-refractivity contribution in [3.05, 3.63) is 29.3 Å². The lowest BCUT2D eigenvalue weighted by molar-refractivity contribution is -0.109. The van der Waals surface area contributed by atoms with E-state index in [-0.39, 0.29) is 6.04 Å². The number of aldehydes is 1. The summed E-state index contributed by atoms with van der Waals surface area (Å²) in [6.45, 7) is 1.05. The van der Waals surface area contributed by atoms with Gasteiger partial charge in [0.1, 0.15) is 6.29 Å². The third-order valence-corrected chi connectivity index (χ3v) is 3.60. The minimum Gasteiger partial charge on any atom is -0.361 e. The topological polar surface area (TPSA) is 20.3 Å². The number of para-hydroxylation sites is 1. The number of rotatable bonds is 1. The Morgan fingerprint density at radius 2 is 2.07 bits per heavy atom. The highest BCUT2D eigenvalue weighted by molar-refractivity contribution is 5.72. The Bertz CT molecular complexity index is 385. The summed E-state index contributed by atoms with van der Waals surface area (Å²) in [5.74, 6) is 0. The van der Waals surface area contributed by atoms with Gasteiger partial charge in [-0.25, -0.2) is 0 Å². The van der Waals surface area contributed by atoms with E-state index in [2.05, 4.69) is 23.1 Å². The molecule has 2 aliphatic rings. The van der Waals surface area contributed by atoms with Crippen molar-refractivity contribution in [3.63, 3.8) is 0 Å². The van der Waals surface area contributed by atoms with Gasteiger partial charge in [0.15, 0.2) is 0 Å². The largest absolute Gasteiger partial charge is 0.361 e. The Morgan fingerprint density at radius 1 is 1.27 bits per heavy atom. The van der Waals surface area contributed by atoms with Crippen molar-refractivity contribution in [1.29, 1.82) is 0 Å². The molecule has 0 saturated heterocycles. The standard InChI is InChI=1S/C13H15NO/c15-9-12-7-6-11-4-1-3-10-5-2-8-14(12)13(10)11/h1,3-4,9,12H,2,5-8H2. The fraction of sp³-hybridized carbons (Fsp3) is 0.462. The second-order valence-electron chi connectivity index (χ2n) is 4.46. The van der Waals surface area contributed by atoms with Crippen molar-refractivity contribution in [2.24, 2.45) is 0 Å². The Morgan fingerprint density at radius 3 is 2.87 bits per heavy atom. The zero-order chi connectivity index (χ0) is 10.3. The van der Waals surface area contributed by atoms with Crippen LogP contribution in [0.15, 0.2) is 18.2 Å². The van der Waals surface area contributed by atoms with Crippen molar-refractivity contribution in [3.8, 4) is 0 Å². The van der Waals surface area contributed by atoms with E-state index in [0.717, 1.165) is 25.7 Å². The smallest absolute Gasteiger partial charge is 0.142 e. The average molecular weight is 201 g/mol. The SMILES string of the molecule is O=CC1CCc2cccc3c2N1CCC3. The molecule has 1 unspecified atom stereocenters. The number of carbonyl (C=O) groups excluding carboxylic acids is 1. The molecule has 0 aliphatic carbocycles. The van der Waals surface area contributed by atoms with E-state index in [0.29, 0.717) is 0 Å². The van der Waals surface area contributed by atoms with Crippen LogP contribution in [-0.2, 0) is 17.6 Å². The molecule has 2 heterocycles. The number of hydrogen-bond donors (Lipinski definition) is 0. The van der Waals surface area contributed by atoms with Crippen molar-refractivity contribution in [1.82, 2.24) is 0 Å². The Labute approximate surface area is 89.9 Å². The van der Waals surface area contributed by atoms with Crippen LogP contribution in [0.5, 0.6) is 0 Å². The summed E-state index contributed by atoms with van der Waals surface area (Å²) in [6.07, 6.45) is 5.51. The van der Waals surface area contributed by atoms with Crippen molar-refractivity contribution in [2.45, 2.75) is 31.7 Å². The number of benzene rings is 1. The third kappa shape index (κ3) is 1.28. The van der Waals surface area contributed by atoms with Gasteiger partial charge in [0, 0.05) is 12.2 Å². The quantitative estimate of drug-likeness (QED) is 0.647. The molecule has 0 N–H and O–H groups in total. The van der Waals surface area contributed by atoms with Gasteiger partial charge in [-0.15, -0.1) is 0 Å². The van der Waals surface area contributed by atoms with Crippen molar-refractivity contribution < 1.29 is 4.79 Å². The molecular weight excluding hydrogens is 186 g/mol. The van der Waals surface area contributed by atoms with Crippen LogP contribution in [-0.4, -0.2) is 18.9 Å². The summed E-state index contributed by atoms with van der Waals surface area (Å²) in [5, 5.41) is 0. The van der Waals surface area contributed by atoms with Crippen molar-refractivity contribution >= 4 is 12.0 Å². The molecule has 2 nitrogen and oxygen atoms in total. The summed E-state index contributed by atoms with van der Waals surface area (Å²) in [4.78, 5) is 13.3. The predicted octanol–water partition coefficient (Wildman–Crippen LogP) is 1.95. The molecule has 15 heavy (non-hydrogen) atoms. The number of nitrogens with zero attached hydrogens (tertiary/aromatic N) is 1. The maximum Gasteiger partial charge on any atom is 0.142 e. The van der Waals surface area contributed by atoms with Gasteiger partial charge in [-0.2, -0.15) is 0 Å². The highest BCUT2D eigenvalue weighted by Gasteiger charge is 2.29. The van der Waals surface area contributed by atoms with Gasteiger partial charge in [-0.3, -0.25) is 0 Å². The first kappa shape index (κ1) is 8.96. The van der Waals surface area contributed by atoms with E-state index in [4.69, 9.17) is 0 Å². The van der Waals surface area contributed by atoms with Crippen molar-refractivity contribution in [2.75, 3.05) is 11.4 Å². The monoisotopic (exact) mass is 201 g/mol. The maximum absolute atomic E-state index is 11.0. The molecule has 1 aromatic carbocycles. The molecule has 0 saturated carbocycles. The number of hydrogen-bond acceptors (Lipinski definition) is 2. The Balaban J connectivity index is 2.13. The summed E-state index contributed by atoms with van der Waals surface area (Å²) in [6, 6.07) is 6.69. The van der Waals surface area contributed by atoms with Gasteiger partial charge in [0.05, 0.1) is 6.04 Å². The second kappa shape index (κ2) is 3.37. The summed E-state index contributed by atoms with van der Waals surface area (Å²) < 4.78 is 0. The molecule has 0 radical (unpaired) electrons. The van der Waals surface area contributed by atoms with Gasteiger partial charge < -0.3 is 9.69 Å². The van der Waals surface area contributed by atoms with Crippen LogP contribution in [0.1, 0.15) is 24.0 Å². The molecule has 2 heteroatoms. The molecule has 0 fully saturated rings. The van der Waals surface area contributed by atoms with E-state index >= 15 is 0 Å². The summed E-state index contributed by atoms with van der Waals surface area (Å²) in [7, 11) is 0. The third-order valence-electron chi connectivity index (χ3n) is 3.60. The molecule has 0 bridgehead atoms. The minimum absolute atomic E-state index is 0.124. The molecule has 1 atom stereocenters. The molecule has 0 spiro atoms. The minimum atomic E-state index is 0.124. The zero-order valence-corrected chi connectivity index (χ0v) is 8.78.